The number of morpholine rings is 1. The molecule has 0 spiro atoms. The minimum absolute atomic E-state index is 0.0353. The minimum atomic E-state index is -0.0353. The van der Waals surface area contributed by atoms with Crippen molar-refractivity contribution < 1.29 is 14.3 Å². The highest BCUT2D eigenvalue weighted by Gasteiger charge is 2.27. The summed E-state index contributed by atoms with van der Waals surface area (Å²) in [4.78, 5) is 27.5. The first-order valence-corrected chi connectivity index (χ1v) is 13.6. The fourth-order valence-electron chi connectivity index (χ4n) is 5.53. The first kappa shape index (κ1) is 22.9. The first-order chi connectivity index (χ1) is 17.1. The molecule has 1 atom stereocenters. The molecule has 7 nitrogen and oxygen atoms in total. The van der Waals surface area contributed by atoms with E-state index < -0.39 is 0 Å². The lowest BCUT2D eigenvalue weighted by molar-refractivity contribution is 0.0503. The second kappa shape index (κ2) is 9.84. The Bertz CT molecular complexity index is 1230. The van der Waals surface area contributed by atoms with Gasteiger partial charge in [0.15, 0.2) is 0 Å². The maximum atomic E-state index is 13.6. The number of hydrogen-bond donors (Lipinski definition) is 0. The summed E-state index contributed by atoms with van der Waals surface area (Å²) < 4.78 is 11.5. The van der Waals surface area contributed by atoms with E-state index in [1.807, 2.05) is 17.2 Å². The van der Waals surface area contributed by atoms with Crippen molar-refractivity contribution in [2.45, 2.75) is 51.7 Å². The van der Waals surface area contributed by atoms with Crippen LogP contribution in [0.1, 0.15) is 51.4 Å². The first-order valence-electron chi connectivity index (χ1n) is 12.8. The van der Waals surface area contributed by atoms with Crippen molar-refractivity contribution in [1.82, 2.24) is 14.9 Å². The lowest BCUT2D eigenvalue weighted by atomic mass is 10.0. The Labute approximate surface area is 210 Å². The summed E-state index contributed by atoms with van der Waals surface area (Å²) in [5.41, 5.74) is 5.51. The van der Waals surface area contributed by atoms with Crippen LogP contribution in [-0.4, -0.2) is 66.3 Å². The molecule has 1 unspecified atom stereocenters. The van der Waals surface area contributed by atoms with Crippen LogP contribution in [-0.2, 0) is 28.9 Å². The van der Waals surface area contributed by atoms with Crippen molar-refractivity contribution in [3.05, 3.63) is 51.0 Å². The van der Waals surface area contributed by atoms with Crippen LogP contribution in [0.5, 0.6) is 0 Å². The van der Waals surface area contributed by atoms with Gasteiger partial charge in [-0.25, -0.2) is 9.97 Å². The summed E-state index contributed by atoms with van der Waals surface area (Å²) in [5, 5.41) is 3.93. The summed E-state index contributed by atoms with van der Waals surface area (Å²) in [6, 6.07) is 6.85. The van der Waals surface area contributed by atoms with E-state index >= 15 is 0 Å². The number of fused-ring (bicyclic) bond motifs is 2. The third-order valence-corrected chi connectivity index (χ3v) is 8.10. The van der Waals surface area contributed by atoms with Gasteiger partial charge < -0.3 is 19.3 Å². The molecule has 1 aromatic carbocycles. The Morgan fingerprint density at radius 3 is 2.69 bits per heavy atom. The number of carbonyl (C=O) groups is 1. The number of ether oxygens (including phenoxy) is 2. The van der Waals surface area contributed by atoms with E-state index in [-0.39, 0.29) is 12.0 Å². The number of aromatic nitrogens is 2. The van der Waals surface area contributed by atoms with Gasteiger partial charge in [0.1, 0.15) is 11.5 Å². The number of carbonyl (C=O) groups excluding carboxylic acids is 1. The van der Waals surface area contributed by atoms with E-state index in [1.54, 1.807) is 0 Å². The average Bonchev–Trinajstić information content (AvgIpc) is 3.64. The Morgan fingerprint density at radius 1 is 1.11 bits per heavy atom. The Balaban J connectivity index is 1.39. The van der Waals surface area contributed by atoms with Crippen LogP contribution in [0.4, 0.5) is 5.82 Å². The molecule has 2 aliphatic heterocycles. The van der Waals surface area contributed by atoms with Crippen molar-refractivity contribution in [3.8, 4) is 0 Å². The smallest absolute Gasteiger partial charge is 0.273 e. The topological polar surface area (TPSA) is 67.8 Å². The zero-order chi connectivity index (χ0) is 23.8. The van der Waals surface area contributed by atoms with Gasteiger partial charge in [-0.15, -0.1) is 11.3 Å². The Hall–Kier alpha value is -2.55. The molecule has 0 N–H and O–H groups in total. The van der Waals surface area contributed by atoms with Gasteiger partial charge in [-0.05, 0) is 68.4 Å². The van der Waals surface area contributed by atoms with Crippen LogP contribution in [0.2, 0.25) is 0 Å². The fraction of sp³-hybridized carbons (Fsp3) is 0.519. The number of anilines is 1. The van der Waals surface area contributed by atoms with Crippen LogP contribution < -0.4 is 4.90 Å². The molecule has 1 aliphatic carbocycles. The number of aryl methyl sites for hydroxylation is 3. The van der Waals surface area contributed by atoms with E-state index in [1.165, 1.54) is 28.9 Å². The molecule has 2 saturated heterocycles. The van der Waals surface area contributed by atoms with Crippen molar-refractivity contribution in [2.24, 2.45) is 0 Å². The lowest BCUT2D eigenvalue weighted by Gasteiger charge is -2.32. The molecule has 2 fully saturated rings. The second-order valence-electron chi connectivity index (χ2n) is 9.81. The highest BCUT2D eigenvalue weighted by atomic mass is 32.1. The van der Waals surface area contributed by atoms with E-state index in [9.17, 15) is 4.79 Å². The minimum Gasteiger partial charge on any atom is -0.378 e. The van der Waals surface area contributed by atoms with Gasteiger partial charge in [0.25, 0.3) is 5.91 Å². The van der Waals surface area contributed by atoms with Crippen LogP contribution in [0.15, 0.2) is 23.6 Å². The van der Waals surface area contributed by atoms with E-state index in [2.05, 4.69) is 28.1 Å². The van der Waals surface area contributed by atoms with Gasteiger partial charge >= 0.3 is 0 Å². The zero-order valence-electron chi connectivity index (χ0n) is 20.3. The molecule has 3 aliphatic rings. The van der Waals surface area contributed by atoms with Crippen LogP contribution in [0, 0.1) is 6.92 Å². The lowest BCUT2D eigenvalue weighted by Crippen LogP contribution is -2.40. The molecule has 35 heavy (non-hydrogen) atoms. The molecule has 0 saturated carbocycles. The number of nitrogens with zero attached hydrogens (tertiary/aromatic N) is 4. The Kier molecular flexibility index (Phi) is 6.43. The number of benzene rings is 1. The van der Waals surface area contributed by atoms with Crippen molar-refractivity contribution in [1.29, 1.82) is 0 Å². The third kappa shape index (κ3) is 4.79. The van der Waals surface area contributed by atoms with Crippen LogP contribution in [0.25, 0.3) is 10.9 Å². The average molecular weight is 493 g/mol. The number of pyridine rings is 1. The van der Waals surface area contributed by atoms with Crippen molar-refractivity contribution in [3.63, 3.8) is 0 Å². The molecule has 0 radical (unpaired) electrons. The molecule has 4 heterocycles. The molecule has 0 bridgehead atoms. The molecular weight excluding hydrogens is 460 g/mol. The monoisotopic (exact) mass is 492 g/mol. The SMILES string of the molecule is Cc1nc(C(=O)N(Cc2cc3cc4c(cc3nc2N2CCOCC2)CCC4)CC2CCCO2)cs1. The number of amides is 1. The number of thiazole rings is 1. The van der Waals surface area contributed by atoms with E-state index in [4.69, 9.17) is 14.5 Å². The maximum Gasteiger partial charge on any atom is 0.273 e. The predicted molar refractivity (Wildman–Crippen MR) is 137 cm³/mol. The molecule has 8 heteroatoms. The molecule has 184 valence electrons. The summed E-state index contributed by atoms with van der Waals surface area (Å²) >= 11 is 1.51. The molecule has 6 rings (SSSR count). The Morgan fingerprint density at radius 2 is 1.94 bits per heavy atom. The van der Waals surface area contributed by atoms with Gasteiger partial charge in [0.2, 0.25) is 0 Å². The van der Waals surface area contributed by atoms with E-state index in [0.717, 1.165) is 72.7 Å². The van der Waals surface area contributed by atoms with Gasteiger partial charge in [-0.3, -0.25) is 4.79 Å². The second-order valence-corrected chi connectivity index (χ2v) is 10.9. The highest BCUT2D eigenvalue weighted by molar-refractivity contribution is 7.09. The fourth-order valence-corrected chi connectivity index (χ4v) is 6.12. The molecule has 2 aromatic heterocycles. The summed E-state index contributed by atoms with van der Waals surface area (Å²) in [5.74, 6) is 0.935. The van der Waals surface area contributed by atoms with E-state index in [0.29, 0.717) is 32.0 Å². The molecule has 1 amide bonds. The van der Waals surface area contributed by atoms with Crippen molar-refractivity contribution in [2.75, 3.05) is 44.4 Å². The summed E-state index contributed by atoms with van der Waals surface area (Å²) in [6.07, 6.45) is 5.59. The summed E-state index contributed by atoms with van der Waals surface area (Å²) in [6.45, 7) is 6.77. The molecule has 3 aromatic rings. The normalized spacial score (nSPS) is 19.9. The zero-order valence-corrected chi connectivity index (χ0v) is 21.1. The largest absolute Gasteiger partial charge is 0.378 e. The standard InChI is InChI=1S/C27H32N4O3S/c1-18-28-25(17-35-18)27(32)31(16-23-6-3-9-34-23)15-22-13-21-12-19-4-2-5-20(19)14-24(21)29-26(22)30-7-10-33-11-8-30/h12-14,17,23H,2-11,15-16H2,1H3. The van der Waals surface area contributed by atoms with Crippen LogP contribution >= 0.6 is 11.3 Å². The van der Waals surface area contributed by atoms with Gasteiger partial charge in [-0.2, -0.15) is 0 Å². The van der Waals surface area contributed by atoms with Gasteiger partial charge in [0, 0.05) is 49.1 Å². The number of rotatable bonds is 6. The third-order valence-electron chi connectivity index (χ3n) is 7.33. The number of hydrogen-bond acceptors (Lipinski definition) is 7. The van der Waals surface area contributed by atoms with Crippen LogP contribution in [0.3, 0.4) is 0 Å². The van der Waals surface area contributed by atoms with Gasteiger partial charge in [0.05, 0.1) is 29.8 Å². The predicted octanol–water partition coefficient (Wildman–Crippen LogP) is 4.15. The maximum absolute atomic E-state index is 13.6. The van der Waals surface area contributed by atoms with Gasteiger partial charge in [-0.1, -0.05) is 0 Å². The molecular formula is C27H32N4O3S. The van der Waals surface area contributed by atoms with Crippen molar-refractivity contribution >= 4 is 34.0 Å². The summed E-state index contributed by atoms with van der Waals surface area (Å²) in [7, 11) is 0. The quantitative estimate of drug-likeness (QED) is 0.515. The highest BCUT2D eigenvalue weighted by Crippen LogP contribution is 2.31.